The summed E-state index contributed by atoms with van der Waals surface area (Å²) in [6.07, 6.45) is 0.675. The lowest BCUT2D eigenvalue weighted by Gasteiger charge is -2.29. The first kappa shape index (κ1) is 9.99. The summed E-state index contributed by atoms with van der Waals surface area (Å²) in [6, 6.07) is 1.74. The predicted octanol–water partition coefficient (Wildman–Crippen LogP) is 1.99. The lowest BCUT2D eigenvalue weighted by atomic mass is 9.75. The van der Waals surface area contributed by atoms with E-state index in [-0.39, 0.29) is 10.8 Å². The van der Waals surface area contributed by atoms with Crippen LogP contribution in [0.15, 0.2) is 16.0 Å². The first-order chi connectivity index (χ1) is 7.39. The quantitative estimate of drug-likeness (QED) is 0.759. The van der Waals surface area contributed by atoms with Crippen molar-refractivity contribution in [3.8, 4) is 0 Å². The smallest absolute Gasteiger partial charge is 0.282 e. The van der Waals surface area contributed by atoms with Crippen molar-refractivity contribution in [1.29, 1.82) is 0 Å². The summed E-state index contributed by atoms with van der Waals surface area (Å²) in [5.41, 5.74) is 4.23. The van der Waals surface area contributed by atoms with Crippen molar-refractivity contribution < 1.29 is 13.0 Å². The second-order valence-corrected chi connectivity index (χ2v) is 5.78. The summed E-state index contributed by atoms with van der Waals surface area (Å²) in [5.74, 6) is 0.270. The monoisotopic (exact) mass is 237 g/mol. The molecule has 5 heteroatoms. The molecule has 1 aliphatic carbocycles. The number of hydrogen-bond acceptors (Lipinski definition) is 3. The first-order valence-electron chi connectivity index (χ1n) is 5.08. The first-order valence-corrected chi connectivity index (χ1v) is 6.52. The highest BCUT2D eigenvalue weighted by molar-refractivity contribution is 7.86. The van der Waals surface area contributed by atoms with Crippen LogP contribution in [0, 0.1) is 6.92 Å². The standard InChI is InChI=1S/C11H11NO3S/c1-5-3-9-10-7(6(2)12-9)4-8(10)11(5)16(13,14)15/h3,7H,4H2,1-2H3,(H,13,14,15). The molecule has 0 radical (unpaired) electrons. The van der Waals surface area contributed by atoms with Crippen LogP contribution in [0.1, 0.15) is 29.5 Å². The SMILES string of the molecule is CC1=Nc2cc(C)c(S(=O)(=O)O)c3c2C1C3. The van der Waals surface area contributed by atoms with Crippen LogP contribution >= 0.6 is 0 Å². The molecule has 0 amide bonds. The van der Waals surface area contributed by atoms with Crippen LogP contribution in [0.2, 0.25) is 0 Å². The van der Waals surface area contributed by atoms with E-state index in [4.69, 9.17) is 0 Å². The Morgan fingerprint density at radius 3 is 2.75 bits per heavy atom. The Kier molecular flexibility index (Phi) is 1.70. The Labute approximate surface area is 93.8 Å². The molecule has 1 aromatic rings. The van der Waals surface area contributed by atoms with Gasteiger partial charge in [-0.1, -0.05) is 0 Å². The fourth-order valence-corrected chi connectivity index (χ4v) is 3.68. The molecule has 1 atom stereocenters. The minimum absolute atomic E-state index is 0.0902. The molecule has 84 valence electrons. The van der Waals surface area contributed by atoms with E-state index < -0.39 is 10.1 Å². The van der Waals surface area contributed by atoms with Crippen LogP contribution in [-0.4, -0.2) is 18.7 Å². The topological polar surface area (TPSA) is 66.7 Å². The van der Waals surface area contributed by atoms with Crippen molar-refractivity contribution in [2.24, 2.45) is 4.99 Å². The minimum Gasteiger partial charge on any atom is -0.282 e. The molecule has 0 aromatic heterocycles. The van der Waals surface area contributed by atoms with Gasteiger partial charge in [0.2, 0.25) is 0 Å². The zero-order valence-corrected chi connectivity index (χ0v) is 9.80. The third-order valence-electron chi connectivity index (χ3n) is 3.40. The van der Waals surface area contributed by atoms with Crippen LogP contribution in [-0.2, 0) is 16.5 Å². The fraction of sp³-hybridized carbons (Fsp3) is 0.364. The molecule has 1 aliphatic heterocycles. The van der Waals surface area contributed by atoms with E-state index in [9.17, 15) is 13.0 Å². The summed E-state index contributed by atoms with van der Waals surface area (Å²) in [6.45, 7) is 3.65. The van der Waals surface area contributed by atoms with Crippen LogP contribution < -0.4 is 0 Å². The predicted molar refractivity (Wildman–Crippen MR) is 60.2 cm³/mol. The maximum Gasteiger partial charge on any atom is 0.295 e. The molecule has 0 bridgehead atoms. The highest BCUT2D eigenvalue weighted by Crippen LogP contribution is 2.50. The third-order valence-corrected chi connectivity index (χ3v) is 4.49. The van der Waals surface area contributed by atoms with E-state index in [1.54, 1.807) is 13.0 Å². The summed E-state index contributed by atoms with van der Waals surface area (Å²) in [5, 5.41) is 0. The van der Waals surface area contributed by atoms with E-state index in [1.807, 2.05) is 6.92 Å². The van der Waals surface area contributed by atoms with Gasteiger partial charge in [0.1, 0.15) is 4.90 Å². The van der Waals surface area contributed by atoms with Gasteiger partial charge in [-0.05, 0) is 43.0 Å². The van der Waals surface area contributed by atoms with Gasteiger partial charge < -0.3 is 0 Å². The van der Waals surface area contributed by atoms with E-state index in [2.05, 4.69) is 4.99 Å². The van der Waals surface area contributed by atoms with Crippen molar-refractivity contribution in [2.75, 3.05) is 0 Å². The minimum atomic E-state index is -4.12. The molecule has 1 N–H and O–H groups in total. The normalized spacial score (nSPS) is 21.4. The number of hydrogen-bond donors (Lipinski definition) is 1. The largest absolute Gasteiger partial charge is 0.295 e. The molecule has 16 heavy (non-hydrogen) atoms. The van der Waals surface area contributed by atoms with Gasteiger partial charge in [-0.25, -0.2) is 0 Å². The number of aryl methyl sites for hydroxylation is 1. The summed E-state index contributed by atoms with van der Waals surface area (Å²) in [7, 11) is -4.12. The number of aliphatic imine (C=N–C) groups is 1. The maximum absolute atomic E-state index is 11.3. The van der Waals surface area contributed by atoms with Gasteiger partial charge in [0.25, 0.3) is 10.1 Å². The van der Waals surface area contributed by atoms with E-state index in [0.29, 0.717) is 12.0 Å². The summed E-state index contributed by atoms with van der Waals surface area (Å²) < 4.78 is 31.8. The zero-order valence-electron chi connectivity index (χ0n) is 8.98. The van der Waals surface area contributed by atoms with Crippen molar-refractivity contribution in [2.45, 2.75) is 31.1 Å². The molecule has 0 spiro atoms. The highest BCUT2D eigenvalue weighted by Gasteiger charge is 2.40. The van der Waals surface area contributed by atoms with Crippen LogP contribution in [0.5, 0.6) is 0 Å². The van der Waals surface area contributed by atoms with Crippen LogP contribution in [0.25, 0.3) is 0 Å². The van der Waals surface area contributed by atoms with Gasteiger partial charge in [-0.3, -0.25) is 9.55 Å². The molecule has 3 rings (SSSR count). The molecule has 2 aliphatic rings. The second-order valence-electron chi connectivity index (χ2n) is 4.42. The average molecular weight is 237 g/mol. The Balaban J connectivity index is 2.35. The molecular formula is C11H11NO3S. The molecular weight excluding hydrogens is 226 g/mol. The molecule has 4 nitrogen and oxygen atoms in total. The van der Waals surface area contributed by atoms with E-state index >= 15 is 0 Å². The Morgan fingerprint density at radius 1 is 1.44 bits per heavy atom. The molecule has 1 aromatic carbocycles. The molecule has 1 unspecified atom stereocenters. The summed E-state index contributed by atoms with van der Waals surface area (Å²) in [4.78, 5) is 4.50. The Bertz CT molecular complexity index is 644. The van der Waals surface area contributed by atoms with Crippen molar-refractivity contribution in [3.05, 3.63) is 22.8 Å². The average Bonchev–Trinajstić information content (AvgIpc) is 2.31. The number of rotatable bonds is 1. The van der Waals surface area contributed by atoms with Crippen molar-refractivity contribution in [3.63, 3.8) is 0 Å². The van der Waals surface area contributed by atoms with Gasteiger partial charge in [0.15, 0.2) is 0 Å². The van der Waals surface area contributed by atoms with Crippen molar-refractivity contribution >= 4 is 21.5 Å². The van der Waals surface area contributed by atoms with Crippen LogP contribution in [0.4, 0.5) is 5.69 Å². The van der Waals surface area contributed by atoms with Gasteiger partial charge in [0, 0.05) is 11.6 Å². The maximum atomic E-state index is 11.3. The van der Waals surface area contributed by atoms with E-state index in [1.165, 1.54) is 0 Å². The lowest BCUT2D eigenvalue weighted by molar-refractivity contribution is 0.480. The van der Waals surface area contributed by atoms with Gasteiger partial charge in [-0.2, -0.15) is 8.42 Å². The zero-order chi connectivity index (χ0) is 11.7. The van der Waals surface area contributed by atoms with E-state index in [0.717, 1.165) is 22.5 Å². The highest BCUT2D eigenvalue weighted by atomic mass is 32.2. The molecule has 0 saturated heterocycles. The molecule has 1 heterocycles. The van der Waals surface area contributed by atoms with Crippen molar-refractivity contribution in [1.82, 2.24) is 0 Å². The Morgan fingerprint density at radius 2 is 2.12 bits per heavy atom. The van der Waals surface area contributed by atoms with Gasteiger partial charge >= 0.3 is 0 Å². The lowest BCUT2D eigenvalue weighted by Crippen LogP contribution is -2.23. The third kappa shape index (κ3) is 1.07. The summed E-state index contributed by atoms with van der Waals surface area (Å²) >= 11 is 0. The van der Waals surface area contributed by atoms with Crippen LogP contribution in [0.3, 0.4) is 0 Å². The second kappa shape index (κ2) is 2.73. The number of nitrogens with zero attached hydrogens (tertiary/aromatic N) is 1. The number of benzene rings is 1. The van der Waals surface area contributed by atoms with Gasteiger partial charge in [0.05, 0.1) is 5.69 Å². The Hall–Kier alpha value is -1.20. The molecule has 0 fully saturated rings. The fourth-order valence-electron chi connectivity index (χ4n) is 2.71. The van der Waals surface area contributed by atoms with Gasteiger partial charge in [-0.15, -0.1) is 0 Å². The molecule has 0 saturated carbocycles.